The maximum Gasteiger partial charge on any atom is 0.306 e. The van der Waals surface area contributed by atoms with Crippen LogP contribution in [0.4, 0.5) is 0 Å². The average Bonchev–Trinajstić information content (AvgIpc) is 3.75. The first-order valence-corrected chi connectivity index (χ1v) is 26.5. The van der Waals surface area contributed by atoms with Crippen LogP contribution in [0.2, 0.25) is 0 Å². The number of unbranched alkanes of at least 4 members (excludes halogenated alkanes) is 24. The van der Waals surface area contributed by atoms with Gasteiger partial charge >= 0.3 is 5.97 Å². The Balaban J connectivity index is 2.44. The molecular formula is C52H104N2O4. The monoisotopic (exact) mass is 821 g/mol. The molecule has 346 valence electrons. The van der Waals surface area contributed by atoms with E-state index in [1.165, 1.54) is 193 Å². The minimum atomic E-state index is -0.621. The molecule has 0 saturated carbocycles. The molecule has 0 spiro atoms. The topological polar surface area (TPSA) is 62.2 Å². The van der Waals surface area contributed by atoms with Crippen LogP contribution in [-0.4, -0.2) is 78.6 Å². The van der Waals surface area contributed by atoms with E-state index < -0.39 is 6.29 Å². The van der Waals surface area contributed by atoms with E-state index in [2.05, 4.69) is 37.5 Å². The summed E-state index contributed by atoms with van der Waals surface area (Å²) in [5, 5.41) is 10.9. The highest BCUT2D eigenvalue weighted by molar-refractivity contribution is 5.69. The van der Waals surface area contributed by atoms with Crippen molar-refractivity contribution in [3.8, 4) is 0 Å². The lowest BCUT2D eigenvalue weighted by Crippen LogP contribution is -2.35. The normalized spacial score (nSPS) is 14.1. The predicted molar refractivity (Wildman–Crippen MR) is 252 cm³/mol. The Kier molecular flexibility index (Phi) is 41.0. The third kappa shape index (κ3) is 36.0. The maximum absolute atomic E-state index is 13.0. The second-order valence-corrected chi connectivity index (χ2v) is 18.6. The quantitative estimate of drug-likeness (QED) is 0.0375. The van der Waals surface area contributed by atoms with Gasteiger partial charge in [0.25, 0.3) is 0 Å². The van der Waals surface area contributed by atoms with Crippen LogP contribution in [0, 0.1) is 0 Å². The first-order chi connectivity index (χ1) is 28.5. The van der Waals surface area contributed by atoms with E-state index in [1.807, 2.05) is 0 Å². The van der Waals surface area contributed by atoms with Gasteiger partial charge in [-0.05, 0) is 110 Å². The number of rotatable bonds is 46. The van der Waals surface area contributed by atoms with Crippen molar-refractivity contribution in [2.24, 2.45) is 0 Å². The van der Waals surface area contributed by atoms with E-state index >= 15 is 0 Å². The third-order valence-electron chi connectivity index (χ3n) is 12.9. The highest BCUT2D eigenvalue weighted by atomic mass is 16.6. The SMILES string of the molecule is CCCCCCCCC(CCCCCCCC)OC(=O)CCCCCN(CCCCCC(O)OC(CCCCCCCC)CCCCCCCC)CCN1CCCC1. The average molecular weight is 821 g/mol. The molecule has 1 heterocycles. The van der Waals surface area contributed by atoms with Gasteiger partial charge in [0.15, 0.2) is 6.29 Å². The van der Waals surface area contributed by atoms with Gasteiger partial charge < -0.3 is 24.4 Å². The van der Waals surface area contributed by atoms with Crippen LogP contribution in [-0.2, 0) is 14.3 Å². The van der Waals surface area contributed by atoms with Crippen LogP contribution in [0.5, 0.6) is 0 Å². The van der Waals surface area contributed by atoms with Gasteiger partial charge in [0.05, 0.1) is 6.10 Å². The van der Waals surface area contributed by atoms with Crippen LogP contribution < -0.4 is 0 Å². The minimum absolute atomic E-state index is 0.0372. The number of aliphatic hydroxyl groups excluding tert-OH is 1. The molecule has 1 unspecified atom stereocenters. The summed E-state index contributed by atoms with van der Waals surface area (Å²) < 4.78 is 12.4. The van der Waals surface area contributed by atoms with Crippen LogP contribution in [0.1, 0.15) is 272 Å². The van der Waals surface area contributed by atoms with E-state index in [1.54, 1.807) is 0 Å². The lowest BCUT2D eigenvalue weighted by atomic mass is 10.0. The zero-order chi connectivity index (χ0) is 42.0. The van der Waals surface area contributed by atoms with Crippen LogP contribution in [0.3, 0.4) is 0 Å². The first kappa shape index (κ1) is 55.3. The molecule has 1 N–H and O–H groups in total. The summed E-state index contributed by atoms with van der Waals surface area (Å²) in [6.45, 7) is 16.2. The molecule has 6 nitrogen and oxygen atoms in total. The lowest BCUT2D eigenvalue weighted by Gasteiger charge is -2.25. The summed E-state index contributed by atoms with van der Waals surface area (Å²) in [5.41, 5.74) is 0. The summed E-state index contributed by atoms with van der Waals surface area (Å²) in [6, 6.07) is 0. The van der Waals surface area contributed by atoms with Crippen molar-refractivity contribution < 1.29 is 19.4 Å². The molecule has 0 aromatic rings. The number of carbonyl (C=O) groups is 1. The van der Waals surface area contributed by atoms with Crippen LogP contribution in [0.15, 0.2) is 0 Å². The fraction of sp³-hybridized carbons (Fsp3) is 0.981. The fourth-order valence-electron chi connectivity index (χ4n) is 8.92. The molecule has 1 rings (SSSR count). The second-order valence-electron chi connectivity index (χ2n) is 18.6. The molecule has 58 heavy (non-hydrogen) atoms. The van der Waals surface area contributed by atoms with Gasteiger partial charge in [-0.3, -0.25) is 4.79 Å². The molecule has 0 aliphatic carbocycles. The smallest absolute Gasteiger partial charge is 0.306 e. The molecule has 0 bridgehead atoms. The molecule has 1 fully saturated rings. The Hall–Kier alpha value is -0.690. The standard InChI is InChI=1S/C52H104N2O4/c1-5-9-13-17-21-27-37-49(38-28-22-18-14-10-6-2)57-51(55)41-31-25-33-43-53(47-48-54-45-35-36-46-54)44-34-26-32-42-52(56)58-50(39-29-23-19-15-11-7-3)40-30-24-20-16-12-8-4/h49-51,55H,5-48H2,1-4H3. The van der Waals surface area contributed by atoms with Gasteiger partial charge in [0.2, 0.25) is 0 Å². The molecule has 6 heteroatoms. The molecule has 0 aromatic carbocycles. The van der Waals surface area contributed by atoms with Crippen molar-refractivity contribution in [1.82, 2.24) is 9.80 Å². The zero-order valence-electron chi connectivity index (χ0n) is 39.9. The molecule has 1 saturated heterocycles. The van der Waals surface area contributed by atoms with Gasteiger partial charge in [-0.15, -0.1) is 0 Å². The summed E-state index contributed by atoms with van der Waals surface area (Å²) in [7, 11) is 0. The second kappa shape index (κ2) is 43.0. The number of ether oxygens (including phenoxy) is 2. The van der Waals surface area contributed by atoms with E-state index in [0.29, 0.717) is 6.42 Å². The third-order valence-corrected chi connectivity index (χ3v) is 12.9. The Morgan fingerprint density at radius 3 is 1.33 bits per heavy atom. The summed E-state index contributed by atoms with van der Waals surface area (Å²) in [6.07, 6.45) is 45.8. The molecule has 0 amide bonds. The molecule has 1 atom stereocenters. The van der Waals surface area contributed by atoms with E-state index in [-0.39, 0.29) is 18.2 Å². The number of carbonyl (C=O) groups excluding carboxylic acids is 1. The van der Waals surface area contributed by atoms with E-state index in [0.717, 1.165) is 83.8 Å². The summed E-state index contributed by atoms with van der Waals surface area (Å²) in [4.78, 5) is 18.3. The van der Waals surface area contributed by atoms with E-state index in [4.69, 9.17) is 9.47 Å². The van der Waals surface area contributed by atoms with Crippen molar-refractivity contribution in [2.75, 3.05) is 39.3 Å². The number of esters is 1. The molecular weight excluding hydrogens is 717 g/mol. The summed E-state index contributed by atoms with van der Waals surface area (Å²) in [5.74, 6) is 0.0372. The number of hydrogen-bond donors (Lipinski definition) is 1. The van der Waals surface area contributed by atoms with Crippen molar-refractivity contribution in [3.05, 3.63) is 0 Å². The molecule has 0 aromatic heterocycles. The highest BCUT2D eigenvalue weighted by Gasteiger charge is 2.17. The Bertz CT molecular complexity index is 804. The van der Waals surface area contributed by atoms with Gasteiger partial charge in [-0.25, -0.2) is 0 Å². The largest absolute Gasteiger partial charge is 0.462 e. The van der Waals surface area contributed by atoms with Crippen molar-refractivity contribution in [1.29, 1.82) is 0 Å². The molecule has 1 aliphatic heterocycles. The number of hydrogen-bond acceptors (Lipinski definition) is 6. The van der Waals surface area contributed by atoms with Gasteiger partial charge in [-0.2, -0.15) is 0 Å². The number of likely N-dealkylation sites (tertiary alicyclic amines) is 1. The Morgan fingerprint density at radius 2 is 0.862 bits per heavy atom. The predicted octanol–water partition coefficient (Wildman–Crippen LogP) is 15.1. The number of nitrogens with zero attached hydrogens (tertiary/aromatic N) is 2. The Labute approximate surface area is 363 Å². The van der Waals surface area contributed by atoms with Crippen molar-refractivity contribution >= 4 is 5.97 Å². The van der Waals surface area contributed by atoms with Gasteiger partial charge in [0.1, 0.15) is 6.10 Å². The maximum atomic E-state index is 13.0. The first-order valence-electron chi connectivity index (χ1n) is 26.5. The highest BCUT2D eigenvalue weighted by Crippen LogP contribution is 2.21. The van der Waals surface area contributed by atoms with Crippen LogP contribution >= 0.6 is 0 Å². The number of aliphatic hydroxyl groups is 1. The summed E-state index contributed by atoms with van der Waals surface area (Å²) >= 11 is 0. The molecule has 1 aliphatic rings. The minimum Gasteiger partial charge on any atom is -0.462 e. The Morgan fingerprint density at radius 1 is 0.483 bits per heavy atom. The van der Waals surface area contributed by atoms with Crippen molar-refractivity contribution in [3.63, 3.8) is 0 Å². The zero-order valence-corrected chi connectivity index (χ0v) is 39.9. The van der Waals surface area contributed by atoms with Gasteiger partial charge in [-0.1, -0.05) is 182 Å². The molecule has 0 radical (unpaired) electrons. The van der Waals surface area contributed by atoms with Gasteiger partial charge in [0, 0.05) is 19.5 Å². The fourth-order valence-corrected chi connectivity index (χ4v) is 8.92. The van der Waals surface area contributed by atoms with E-state index in [9.17, 15) is 9.90 Å². The lowest BCUT2D eigenvalue weighted by molar-refractivity contribution is -0.150. The van der Waals surface area contributed by atoms with Crippen molar-refractivity contribution in [2.45, 2.75) is 290 Å². The van der Waals surface area contributed by atoms with Crippen LogP contribution in [0.25, 0.3) is 0 Å².